The van der Waals surface area contributed by atoms with Gasteiger partial charge in [0.2, 0.25) is 5.91 Å². The minimum Gasteiger partial charge on any atom is -0.349 e. The number of rotatable bonds is 5. The normalized spacial score (nSPS) is 13.5. The lowest BCUT2D eigenvalue weighted by Gasteiger charge is -2.19. The summed E-state index contributed by atoms with van der Waals surface area (Å²) in [5.74, 6) is -0.336. The van der Waals surface area contributed by atoms with Crippen molar-refractivity contribution in [3.63, 3.8) is 0 Å². The first-order valence-electron chi connectivity index (χ1n) is 6.82. The topological polar surface area (TPSA) is 55.1 Å². The van der Waals surface area contributed by atoms with Crippen LogP contribution in [0.15, 0.2) is 60.7 Å². The molecule has 0 aliphatic rings. The van der Waals surface area contributed by atoms with Crippen LogP contribution in [0.2, 0.25) is 0 Å². The van der Waals surface area contributed by atoms with Crippen molar-refractivity contribution >= 4 is 5.91 Å². The maximum atomic E-state index is 12.4. The molecule has 0 aromatic heterocycles. The molecule has 3 heteroatoms. The van der Waals surface area contributed by atoms with E-state index in [2.05, 4.69) is 5.32 Å². The van der Waals surface area contributed by atoms with Gasteiger partial charge in [0, 0.05) is 6.54 Å². The van der Waals surface area contributed by atoms with E-state index >= 15 is 0 Å². The standard InChI is InChI=1S/C17H20N2O/c1-13(14-8-4-2-5-9-14)19-17(20)16(12-18)15-10-6-3-7-11-15/h2-11,13,16H,12,18H2,1H3,(H,19,20). The molecule has 0 saturated carbocycles. The molecule has 0 heterocycles. The van der Waals surface area contributed by atoms with Crippen molar-refractivity contribution < 1.29 is 4.79 Å². The Balaban J connectivity index is 2.07. The lowest BCUT2D eigenvalue weighted by atomic mass is 9.97. The minimum absolute atomic E-state index is 0.0264. The van der Waals surface area contributed by atoms with Crippen molar-refractivity contribution in [3.05, 3.63) is 71.8 Å². The molecule has 20 heavy (non-hydrogen) atoms. The molecule has 3 nitrogen and oxygen atoms in total. The summed E-state index contributed by atoms with van der Waals surface area (Å²) in [6.07, 6.45) is 0. The van der Waals surface area contributed by atoms with E-state index in [0.29, 0.717) is 6.54 Å². The van der Waals surface area contributed by atoms with Crippen LogP contribution in [0.1, 0.15) is 30.0 Å². The first-order valence-corrected chi connectivity index (χ1v) is 6.82. The molecular formula is C17H20N2O. The van der Waals surface area contributed by atoms with Crippen LogP contribution in [0, 0.1) is 0 Å². The molecule has 3 N–H and O–H groups in total. The third-order valence-electron chi connectivity index (χ3n) is 3.41. The van der Waals surface area contributed by atoms with E-state index in [9.17, 15) is 4.79 Å². The SMILES string of the molecule is CC(NC(=O)C(CN)c1ccccc1)c1ccccc1. The average molecular weight is 268 g/mol. The van der Waals surface area contributed by atoms with E-state index in [4.69, 9.17) is 5.73 Å². The number of amides is 1. The molecule has 2 rings (SSSR count). The lowest BCUT2D eigenvalue weighted by molar-refractivity contribution is -0.123. The van der Waals surface area contributed by atoms with Crippen molar-refractivity contribution in [1.82, 2.24) is 5.32 Å². The highest BCUT2D eigenvalue weighted by molar-refractivity contribution is 5.84. The van der Waals surface area contributed by atoms with Gasteiger partial charge in [0.1, 0.15) is 0 Å². The van der Waals surface area contributed by atoms with Gasteiger partial charge in [-0.15, -0.1) is 0 Å². The van der Waals surface area contributed by atoms with Crippen molar-refractivity contribution in [2.45, 2.75) is 18.9 Å². The Bertz CT molecular complexity index is 539. The van der Waals surface area contributed by atoms with Crippen molar-refractivity contribution in [1.29, 1.82) is 0 Å². The fourth-order valence-electron chi connectivity index (χ4n) is 2.22. The maximum Gasteiger partial charge on any atom is 0.229 e. The molecule has 2 aromatic carbocycles. The van der Waals surface area contributed by atoms with E-state index in [1.165, 1.54) is 0 Å². The number of carbonyl (C=O) groups is 1. The second-order valence-corrected chi connectivity index (χ2v) is 4.84. The summed E-state index contributed by atoms with van der Waals surface area (Å²) in [4.78, 5) is 12.4. The van der Waals surface area contributed by atoms with E-state index in [-0.39, 0.29) is 17.9 Å². The molecule has 2 unspecified atom stereocenters. The number of carbonyl (C=O) groups excluding carboxylic acids is 1. The molecule has 0 aliphatic carbocycles. The molecule has 0 aliphatic heterocycles. The Morgan fingerprint density at radius 2 is 1.50 bits per heavy atom. The number of nitrogens with two attached hydrogens (primary N) is 1. The highest BCUT2D eigenvalue weighted by Crippen LogP contribution is 2.17. The largest absolute Gasteiger partial charge is 0.349 e. The summed E-state index contributed by atoms with van der Waals surface area (Å²) < 4.78 is 0. The minimum atomic E-state index is -0.303. The average Bonchev–Trinajstić information content (AvgIpc) is 2.50. The van der Waals surface area contributed by atoms with Gasteiger partial charge in [-0.1, -0.05) is 60.7 Å². The van der Waals surface area contributed by atoms with Crippen LogP contribution in [0.4, 0.5) is 0 Å². The molecule has 0 spiro atoms. The van der Waals surface area contributed by atoms with Gasteiger partial charge in [-0.25, -0.2) is 0 Å². The zero-order valence-corrected chi connectivity index (χ0v) is 11.6. The molecule has 2 atom stereocenters. The van der Waals surface area contributed by atoms with Crippen LogP contribution >= 0.6 is 0 Å². The second kappa shape index (κ2) is 6.87. The van der Waals surface area contributed by atoms with Crippen LogP contribution in [-0.2, 0) is 4.79 Å². The van der Waals surface area contributed by atoms with Crippen LogP contribution in [0.25, 0.3) is 0 Å². The molecule has 0 bridgehead atoms. The maximum absolute atomic E-state index is 12.4. The third kappa shape index (κ3) is 3.45. The third-order valence-corrected chi connectivity index (χ3v) is 3.41. The first kappa shape index (κ1) is 14.3. The summed E-state index contributed by atoms with van der Waals surface area (Å²) in [6.45, 7) is 2.28. The molecular weight excluding hydrogens is 248 g/mol. The predicted molar refractivity (Wildman–Crippen MR) is 81.2 cm³/mol. The van der Waals surface area contributed by atoms with Crippen LogP contribution in [0.5, 0.6) is 0 Å². The molecule has 1 amide bonds. The first-order chi connectivity index (χ1) is 9.72. The Morgan fingerprint density at radius 1 is 1.00 bits per heavy atom. The van der Waals surface area contributed by atoms with E-state index in [0.717, 1.165) is 11.1 Å². The van der Waals surface area contributed by atoms with Gasteiger partial charge in [0.25, 0.3) is 0 Å². The number of nitrogens with one attached hydrogen (secondary N) is 1. The predicted octanol–water partition coefficient (Wildman–Crippen LogP) is 2.61. The van der Waals surface area contributed by atoms with Gasteiger partial charge in [0.15, 0.2) is 0 Å². The highest BCUT2D eigenvalue weighted by Gasteiger charge is 2.20. The Hall–Kier alpha value is -2.13. The monoisotopic (exact) mass is 268 g/mol. The van der Waals surface area contributed by atoms with E-state index in [1.54, 1.807) is 0 Å². The zero-order chi connectivity index (χ0) is 14.4. The molecule has 0 saturated heterocycles. The molecule has 104 valence electrons. The van der Waals surface area contributed by atoms with Crippen LogP contribution in [-0.4, -0.2) is 12.5 Å². The van der Waals surface area contributed by atoms with E-state index < -0.39 is 0 Å². The summed E-state index contributed by atoms with van der Waals surface area (Å²) in [6, 6.07) is 19.5. The zero-order valence-electron chi connectivity index (χ0n) is 11.6. The van der Waals surface area contributed by atoms with Crippen molar-refractivity contribution in [2.75, 3.05) is 6.54 Å². The highest BCUT2D eigenvalue weighted by atomic mass is 16.1. The van der Waals surface area contributed by atoms with Gasteiger partial charge in [-0.2, -0.15) is 0 Å². The Labute approximate surface area is 119 Å². The summed E-state index contributed by atoms with van der Waals surface area (Å²) in [5.41, 5.74) is 7.80. The second-order valence-electron chi connectivity index (χ2n) is 4.84. The van der Waals surface area contributed by atoms with Gasteiger partial charge in [-0.05, 0) is 18.1 Å². The summed E-state index contributed by atoms with van der Waals surface area (Å²) in [5, 5.41) is 3.03. The van der Waals surface area contributed by atoms with E-state index in [1.807, 2.05) is 67.6 Å². The lowest BCUT2D eigenvalue weighted by Crippen LogP contribution is -2.35. The Kier molecular flexibility index (Phi) is 4.91. The molecule has 0 radical (unpaired) electrons. The van der Waals surface area contributed by atoms with Gasteiger partial charge < -0.3 is 11.1 Å². The van der Waals surface area contributed by atoms with Crippen LogP contribution < -0.4 is 11.1 Å². The Morgan fingerprint density at radius 3 is 2.00 bits per heavy atom. The fourth-order valence-corrected chi connectivity index (χ4v) is 2.22. The van der Waals surface area contributed by atoms with Gasteiger partial charge >= 0.3 is 0 Å². The number of hydrogen-bond acceptors (Lipinski definition) is 2. The quantitative estimate of drug-likeness (QED) is 0.875. The summed E-state index contributed by atoms with van der Waals surface area (Å²) in [7, 11) is 0. The van der Waals surface area contributed by atoms with Crippen LogP contribution in [0.3, 0.4) is 0 Å². The number of hydrogen-bond donors (Lipinski definition) is 2. The smallest absolute Gasteiger partial charge is 0.229 e. The van der Waals surface area contributed by atoms with Crippen molar-refractivity contribution in [2.24, 2.45) is 5.73 Å². The van der Waals surface area contributed by atoms with Gasteiger partial charge in [-0.3, -0.25) is 4.79 Å². The number of benzene rings is 2. The fraction of sp³-hybridized carbons (Fsp3) is 0.235. The van der Waals surface area contributed by atoms with Gasteiger partial charge in [0.05, 0.1) is 12.0 Å². The summed E-state index contributed by atoms with van der Waals surface area (Å²) >= 11 is 0. The van der Waals surface area contributed by atoms with Crippen molar-refractivity contribution in [3.8, 4) is 0 Å². The molecule has 0 fully saturated rings. The molecule has 2 aromatic rings.